The van der Waals surface area contributed by atoms with E-state index in [0.29, 0.717) is 31.9 Å². The molecule has 0 amide bonds. The van der Waals surface area contributed by atoms with Crippen molar-refractivity contribution in [2.45, 2.75) is 53.7 Å². The highest BCUT2D eigenvalue weighted by atomic mass is 79.9. The predicted molar refractivity (Wildman–Crippen MR) is 166 cm³/mol. The third kappa shape index (κ3) is 5.36. The number of hydrogen-bond donors (Lipinski definition) is 0. The lowest BCUT2D eigenvalue weighted by Crippen LogP contribution is -2.40. The summed E-state index contributed by atoms with van der Waals surface area (Å²) >= 11 is 4.85. The minimum atomic E-state index is -0.771. The summed E-state index contributed by atoms with van der Waals surface area (Å²) in [6.45, 7) is 11.5. The zero-order chi connectivity index (χ0) is 29.6. The second kappa shape index (κ2) is 11.3. The van der Waals surface area contributed by atoms with Crippen molar-refractivity contribution in [2.75, 3.05) is 7.11 Å². The number of halogens is 1. The van der Waals surface area contributed by atoms with Crippen molar-refractivity contribution in [3.63, 3.8) is 0 Å². The van der Waals surface area contributed by atoms with E-state index in [-0.39, 0.29) is 11.7 Å². The second-order valence-corrected chi connectivity index (χ2v) is 12.3. The van der Waals surface area contributed by atoms with Crippen molar-refractivity contribution in [3.05, 3.63) is 112 Å². The van der Waals surface area contributed by atoms with Gasteiger partial charge in [-0.2, -0.15) is 0 Å². The molecule has 5 rings (SSSR count). The molecule has 7 nitrogen and oxygen atoms in total. The molecule has 1 aliphatic rings. The van der Waals surface area contributed by atoms with Gasteiger partial charge in [0.1, 0.15) is 11.8 Å². The van der Waals surface area contributed by atoms with E-state index >= 15 is 0 Å². The Morgan fingerprint density at radius 3 is 2.44 bits per heavy atom. The molecule has 0 aliphatic carbocycles. The molecule has 2 aromatic carbocycles. The fraction of sp³-hybridized carbons (Fsp3) is 0.281. The van der Waals surface area contributed by atoms with Gasteiger partial charge in [-0.3, -0.25) is 9.36 Å². The number of nitrogens with zero attached hydrogens (tertiary/aromatic N) is 3. The minimum absolute atomic E-state index is 0.233. The van der Waals surface area contributed by atoms with Crippen LogP contribution >= 0.6 is 27.3 Å². The number of thiazole rings is 1. The lowest BCUT2D eigenvalue weighted by Gasteiger charge is -2.26. The topological polar surface area (TPSA) is 74.8 Å². The molecule has 41 heavy (non-hydrogen) atoms. The standard InChI is InChI=1S/C32H32BrN3O4S/c1-17(2)40-31(38)28-20(5)34-32-36(29(28)25-16-23(33)10-13-26(25)39-7)30(37)27(41-32)15-22-14-19(4)35(21(22)6)24-11-8-18(3)9-12-24/h8-17,29H,1-7H3/b27-15-/t29-/m0/s1. The quantitative estimate of drug-likeness (QED) is 0.256. The Balaban J connectivity index is 1.72. The Labute approximate surface area is 251 Å². The van der Waals surface area contributed by atoms with E-state index in [1.165, 1.54) is 16.9 Å². The Morgan fingerprint density at radius 1 is 1.07 bits per heavy atom. The maximum atomic E-state index is 14.1. The van der Waals surface area contributed by atoms with Crippen LogP contribution in [0.4, 0.5) is 0 Å². The fourth-order valence-electron chi connectivity index (χ4n) is 5.24. The highest BCUT2D eigenvalue weighted by Gasteiger charge is 2.35. The van der Waals surface area contributed by atoms with E-state index in [4.69, 9.17) is 14.5 Å². The second-order valence-electron chi connectivity index (χ2n) is 10.4. The van der Waals surface area contributed by atoms with E-state index in [0.717, 1.165) is 27.1 Å². The Morgan fingerprint density at radius 2 is 1.78 bits per heavy atom. The number of ether oxygens (including phenoxy) is 2. The highest BCUT2D eigenvalue weighted by molar-refractivity contribution is 9.10. The largest absolute Gasteiger partial charge is 0.496 e. The molecule has 3 heterocycles. The van der Waals surface area contributed by atoms with Gasteiger partial charge in [0.15, 0.2) is 4.80 Å². The third-order valence-corrected chi connectivity index (χ3v) is 8.60. The summed E-state index contributed by atoms with van der Waals surface area (Å²) in [7, 11) is 1.57. The number of aromatic nitrogens is 2. The van der Waals surface area contributed by atoms with Crippen molar-refractivity contribution >= 4 is 39.3 Å². The number of carbonyl (C=O) groups excluding carboxylic acids is 1. The van der Waals surface area contributed by atoms with E-state index in [1.54, 1.807) is 32.4 Å². The van der Waals surface area contributed by atoms with E-state index in [2.05, 4.69) is 71.6 Å². The van der Waals surface area contributed by atoms with E-state index in [9.17, 15) is 9.59 Å². The van der Waals surface area contributed by atoms with E-state index < -0.39 is 12.0 Å². The average Bonchev–Trinajstić information content (AvgIpc) is 3.37. The average molecular weight is 635 g/mol. The maximum absolute atomic E-state index is 14.1. The van der Waals surface area contributed by atoms with Gasteiger partial charge in [0.05, 0.1) is 29.0 Å². The fourth-order valence-corrected chi connectivity index (χ4v) is 6.66. The molecule has 1 atom stereocenters. The molecule has 4 aromatic rings. The zero-order valence-corrected chi connectivity index (χ0v) is 26.5. The van der Waals surface area contributed by atoms with Gasteiger partial charge in [-0.15, -0.1) is 0 Å². The predicted octanol–water partition coefficient (Wildman–Crippen LogP) is 5.67. The molecule has 2 aromatic heterocycles. The van der Waals surface area contributed by atoms with Crippen molar-refractivity contribution in [3.8, 4) is 11.4 Å². The lowest BCUT2D eigenvalue weighted by atomic mass is 9.95. The molecule has 0 radical (unpaired) electrons. The molecule has 0 unspecified atom stereocenters. The number of fused-ring (bicyclic) bond motifs is 1. The molecule has 1 aliphatic heterocycles. The Kier molecular flexibility index (Phi) is 7.94. The van der Waals surface area contributed by atoms with Gasteiger partial charge in [-0.25, -0.2) is 9.79 Å². The van der Waals surface area contributed by atoms with Gasteiger partial charge in [-0.1, -0.05) is 45.0 Å². The van der Waals surface area contributed by atoms with Gasteiger partial charge in [-0.05, 0) is 89.6 Å². The maximum Gasteiger partial charge on any atom is 0.338 e. The van der Waals surface area contributed by atoms with Crippen LogP contribution in [-0.4, -0.2) is 28.3 Å². The van der Waals surface area contributed by atoms with E-state index in [1.807, 2.05) is 24.3 Å². The minimum Gasteiger partial charge on any atom is -0.496 e. The molecule has 0 saturated heterocycles. The normalized spacial score (nSPS) is 15.2. The molecular formula is C32H32BrN3O4S. The van der Waals surface area contributed by atoms with Gasteiger partial charge >= 0.3 is 5.97 Å². The van der Waals surface area contributed by atoms with Gasteiger partial charge in [0, 0.05) is 27.1 Å². The summed E-state index contributed by atoms with van der Waals surface area (Å²) in [6.07, 6.45) is 1.58. The van der Waals surface area contributed by atoms with Gasteiger partial charge < -0.3 is 14.0 Å². The number of esters is 1. The molecule has 0 N–H and O–H groups in total. The summed E-state index contributed by atoms with van der Waals surface area (Å²) in [6, 6.07) is 15.2. The Hall–Kier alpha value is -3.69. The summed E-state index contributed by atoms with van der Waals surface area (Å²) in [5.74, 6) is 0.0446. The monoisotopic (exact) mass is 633 g/mol. The molecule has 9 heteroatoms. The first-order chi connectivity index (χ1) is 19.5. The van der Waals surface area contributed by atoms with Crippen LogP contribution in [0.2, 0.25) is 0 Å². The van der Waals surface area contributed by atoms with Crippen molar-refractivity contribution in [2.24, 2.45) is 4.99 Å². The van der Waals surface area contributed by atoms with Crippen LogP contribution in [0.15, 0.2) is 74.1 Å². The first-order valence-electron chi connectivity index (χ1n) is 13.3. The summed E-state index contributed by atoms with van der Waals surface area (Å²) in [4.78, 5) is 32.8. The molecule has 0 bridgehead atoms. The Bertz CT molecular complexity index is 1880. The number of carbonyl (C=O) groups is 1. The number of allylic oxidation sites excluding steroid dienone is 1. The van der Waals surface area contributed by atoms with Crippen LogP contribution in [0, 0.1) is 20.8 Å². The number of benzene rings is 2. The number of aryl methyl sites for hydroxylation is 2. The summed E-state index contributed by atoms with van der Waals surface area (Å²) in [5.41, 5.74) is 6.55. The van der Waals surface area contributed by atoms with Crippen LogP contribution in [0.1, 0.15) is 54.9 Å². The first kappa shape index (κ1) is 28.8. The number of hydrogen-bond acceptors (Lipinski definition) is 6. The van der Waals surface area contributed by atoms with Crippen LogP contribution < -0.4 is 19.6 Å². The van der Waals surface area contributed by atoms with Crippen molar-refractivity contribution < 1.29 is 14.3 Å². The highest BCUT2D eigenvalue weighted by Crippen LogP contribution is 2.37. The molecular weight excluding hydrogens is 602 g/mol. The van der Waals surface area contributed by atoms with Crippen LogP contribution in [0.3, 0.4) is 0 Å². The van der Waals surface area contributed by atoms with Crippen LogP contribution in [-0.2, 0) is 9.53 Å². The van der Waals surface area contributed by atoms with Crippen molar-refractivity contribution in [1.82, 2.24) is 9.13 Å². The smallest absolute Gasteiger partial charge is 0.338 e. The first-order valence-corrected chi connectivity index (χ1v) is 14.9. The van der Waals surface area contributed by atoms with Crippen LogP contribution in [0.5, 0.6) is 5.75 Å². The molecule has 0 fully saturated rings. The number of methoxy groups -OCH3 is 1. The zero-order valence-electron chi connectivity index (χ0n) is 24.1. The van der Waals surface area contributed by atoms with Gasteiger partial charge in [0.25, 0.3) is 5.56 Å². The molecule has 0 spiro atoms. The van der Waals surface area contributed by atoms with Crippen molar-refractivity contribution in [1.29, 1.82) is 0 Å². The third-order valence-electron chi connectivity index (χ3n) is 7.12. The summed E-state index contributed by atoms with van der Waals surface area (Å²) in [5, 5.41) is 0. The summed E-state index contributed by atoms with van der Waals surface area (Å²) < 4.78 is 16.4. The molecule has 212 valence electrons. The lowest BCUT2D eigenvalue weighted by molar-refractivity contribution is -0.143. The van der Waals surface area contributed by atoms with Crippen LogP contribution in [0.25, 0.3) is 11.8 Å². The van der Waals surface area contributed by atoms with Gasteiger partial charge in [0.2, 0.25) is 0 Å². The number of rotatable bonds is 6. The molecule has 0 saturated carbocycles. The SMILES string of the molecule is COc1ccc(Br)cc1[C@H]1C(C(=O)OC(C)C)=C(C)N=c2s/c(=C\c3cc(C)n(-c4ccc(C)cc4)c3C)c(=O)n21.